The Kier molecular flexibility index (Phi) is 7.21. The molecule has 0 saturated carbocycles. The highest BCUT2D eigenvalue weighted by molar-refractivity contribution is 7.89. The second kappa shape index (κ2) is 10.0. The fourth-order valence-electron chi connectivity index (χ4n) is 2.46. The molecular formula is C21H20FNO6S. The van der Waals surface area contributed by atoms with Gasteiger partial charge in [0.15, 0.2) is 0 Å². The number of hydrogen-bond donors (Lipinski definition) is 1. The Balaban J connectivity index is 1.43. The van der Waals surface area contributed by atoms with E-state index in [2.05, 4.69) is 4.72 Å². The van der Waals surface area contributed by atoms with Crippen molar-refractivity contribution in [1.29, 1.82) is 0 Å². The fraction of sp³-hybridized carbons (Fsp3) is 0.190. The zero-order valence-corrected chi connectivity index (χ0v) is 16.7. The number of nitrogens with one attached hydrogen (secondary N) is 1. The van der Waals surface area contributed by atoms with Gasteiger partial charge in [-0.25, -0.2) is 22.3 Å². The lowest BCUT2D eigenvalue weighted by Crippen LogP contribution is -2.23. The number of hydrogen-bond acceptors (Lipinski definition) is 6. The number of carbonyl (C=O) groups excluding carboxylic acids is 1. The highest BCUT2D eigenvalue weighted by atomic mass is 32.2. The zero-order chi connectivity index (χ0) is 21.4. The van der Waals surface area contributed by atoms with Crippen molar-refractivity contribution in [2.45, 2.75) is 17.9 Å². The Morgan fingerprint density at radius 1 is 1.00 bits per heavy atom. The summed E-state index contributed by atoms with van der Waals surface area (Å²) in [4.78, 5) is 12.1. The van der Waals surface area contributed by atoms with Crippen LogP contribution in [0.4, 0.5) is 4.39 Å². The normalized spacial score (nSPS) is 11.2. The molecule has 30 heavy (non-hydrogen) atoms. The third-order valence-corrected chi connectivity index (χ3v) is 5.44. The van der Waals surface area contributed by atoms with Crippen molar-refractivity contribution in [2.24, 2.45) is 0 Å². The van der Waals surface area contributed by atoms with Gasteiger partial charge in [-0.2, -0.15) is 0 Å². The van der Waals surface area contributed by atoms with Crippen molar-refractivity contribution in [3.63, 3.8) is 0 Å². The summed E-state index contributed by atoms with van der Waals surface area (Å²) in [6, 6.07) is 14.4. The van der Waals surface area contributed by atoms with E-state index in [0.29, 0.717) is 24.5 Å². The first-order valence-electron chi connectivity index (χ1n) is 9.12. The predicted octanol–water partition coefficient (Wildman–Crippen LogP) is 3.52. The van der Waals surface area contributed by atoms with Gasteiger partial charge in [0.1, 0.15) is 17.3 Å². The first-order valence-corrected chi connectivity index (χ1v) is 10.6. The molecular weight excluding hydrogens is 413 g/mol. The predicted molar refractivity (Wildman–Crippen MR) is 106 cm³/mol. The van der Waals surface area contributed by atoms with Gasteiger partial charge >= 0.3 is 5.97 Å². The molecule has 7 nitrogen and oxygen atoms in total. The summed E-state index contributed by atoms with van der Waals surface area (Å²) < 4.78 is 55.5. The lowest BCUT2D eigenvalue weighted by atomic mass is 10.2. The third kappa shape index (κ3) is 6.16. The smallest absolute Gasteiger partial charge is 0.338 e. The zero-order valence-electron chi connectivity index (χ0n) is 15.9. The molecule has 3 rings (SSSR count). The Morgan fingerprint density at radius 3 is 2.40 bits per heavy atom. The second-order valence-corrected chi connectivity index (χ2v) is 7.99. The molecule has 0 radical (unpaired) electrons. The maximum atomic E-state index is 12.8. The van der Waals surface area contributed by atoms with Crippen molar-refractivity contribution in [3.05, 3.63) is 84.1 Å². The number of furan rings is 1. The van der Waals surface area contributed by atoms with Crippen molar-refractivity contribution in [3.8, 4) is 5.75 Å². The van der Waals surface area contributed by atoms with Crippen LogP contribution in [0.15, 0.2) is 76.2 Å². The van der Waals surface area contributed by atoms with Crippen molar-refractivity contribution < 1.29 is 31.5 Å². The van der Waals surface area contributed by atoms with E-state index in [-0.39, 0.29) is 29.4 Å². The maximum absolute atomic E-state index is 12.8. The number of ether oxygens (including phenoxy) is 2. The first-order chi connectivity index (χ1) is 14.4. The van der Waals surface area contributed by atoms with Gasteiger partial charge in [-0.3, -0.25) is 0 Å². The van der Waals surface area contributed by atoms with Crippen molar-refractivity contribution >= 4 is 16.0 Å². The van der Waals surface area contributed by atoms with E-state index in [1.165, 1.54) is 54.8 Å². The van der Waals surface area contributed by atoms with Crippen LogP contribution in [0.3, 0.4) is 0 Å². The number of benzene rings is 2. The van der Waals surface area contributed by atoms with Crippen LogP contribution in [-0.4, -0.2) is 27.6 Å². The van der Waals surface area contributed by atoms with Gasteiger partial charge in [0, 0.05) is 6.42 Å². The van der Waals surface area contributed by atoms with Crippen LogP contribution in [0, 0.1) is 5.82 Å². The number of halogens is 1. The molecule has 1 aromatic heterocycles. The van der Waals surface area contributed by atoms with Crippen molar-refractivity contribution in [2.75, 3.05) is 13.2 Å². The molecule has 1 N–H and O–H groups in total. The van der Waals surface area contributed by atoms with Crippen LogP contribution < -0.4 is 9.46 Å². The van der Waals surface area contributed by atoms with E-state index in [1.54, 1.807) is 12.1 Å². The average Bonchev–Trinajstić information content (AvgIpc) is 3.27. The SMILES string of the molecule is O=C(OCCCOc1ccc(F)cc1)c1ccc(S(=O)(=O)NCc2ccco2)cc1. The molecule has 0 fully saturated rings. The molecule has 0 bridgehead atoms. The fourth-order valence-corrected chi connectivity index (χ4v) is 3.45. The van der Waals surface area contributed by atoms with Gasteiger partial charge < -0.3 is 13.9 Å². The van der Waals surface area contributed by atoms with E-state index in [1.807, 2.05) is 0 Å². The highest BCUT2D eigenvalue weighted by Gasteiger charge is 2.16. The second-order valence-electron chi connectivity index (χ2n) is 6.22. The van der Waals surface area contributed by atoms with Gasteiger partial charge in [0.2, 0.25) is 10.0 Å². The number of carbonyl (C=O) groups is 1. The Labute approximate surface area is 173 Å². The molecule has 0 spiro atoms. The summed E-state index contributed by atoms with van der Waals surface area (Å²) in [5.74, 6) is 0.107. The van der Waals surface area contributed by atoms with E-state index >= 15 is 0 Å². The monoisotopic (exact) mass is 433 g/mol. The minimum atomic E-state index is -3.73. The molecule has 0 aliphatic carbocycles. The van der Waals surface area contributed by atoms with Crippen LogP contribution in [0.2, 0.25) is 0 Å². The van der Waals surface area contributed by atoms with E-state index in [9.17, 15) is 17.6 Å². The van der Waals surface area contributed by atoms with Crippen LogP contribution in [0.25, 0.3) is 0 Å². The lowest BCUT2D eigenvalue weighted by molar-refractivity contribution is 0.0486. The molecule has 0 saturated heterocycles. The molecule has 0 aliphatic rings. The number of sulfonamides is 1. The van der Waals surface area contributed by atoms with E-state index in [4.69, 9.17) is 13.9 Å². The van der Waals surface area contributed by atoms with E-state index < -0.39 is 16.0 Å². The summed E-state index contributed by atoms with van der Waals surface area (Å²) in [5.41, 5.74) is 0.236. The summed E-state index contributed by atoms with van der Waals surface area (Å²) >= 11 is 0. The topological polar surface area (TPSA) is 94.8 Å². The molecule has 0 aliphatic heterocycles. The van der Waals surface area contributed by atoms with Crippen LogP contribution >= 0.6 is 0 Å². The molecule has 3 aromatic rings. The van der Waals surface area contributed by atoms with Gasteiger partial charge in [-0.05, 0) is 60.7 Å². The van der Waals surface area contributed by atoms with Gasteiger partial charge in [0.25, 0.3) is 0 Å². The largest absolute Gasteiger partial charge is 0.493 e. The lowest BCUT2D eigenvalue weighted by Gasteiger charge is -2.08. The molecule has 158 valence electrons. The quantitative estimate of drug-likeness (QED) is 0.388. The minimum Gasteiger partial charge on any atom is -0.493 e. The molecule has 2 aromatic carbocycles. The standard InChI is InChI=1S/C21H20FNO6S/c22-17-6-8-18(9-7-17)27-13-2-14-29-21(24)16-4-10-20(11-5-16)30(25,26)23-15-19-3-1-12-28-19/h1,3-12,23H,2,13-15H2. The summed E-state index contributed by atoms with van der Waals surface area (Å²) in [6.07, 6.45) is 1.91. The highest BCUT2D eigenvalue weighted by Crippen LogP contribution is 2.13. The van der Waals surface area contributed by atoms with Gasteiger partial charge in [-0.1, -0.05) is 0 Å². The van der Waals surface area contributed by atoms with Gasteiger partial charge in [0.05, 0.1) is 36.5 Å². The number of rotatable bonds is 10. The minimum absolute atomic E-state index is 0.0262. The van der Waals surface area contributed by atoms with Crippen LogP contribution in [0.1, 0.15) is 22.5 Å². The number of esters is 1. The Morgan fingerprint density at radius 2 is 1.73 bits per heavy atom. The summed E-state index contributed by atoms with van der Waals surface area (Å²) in [5, 5.41) is 0. The van der Waals surface area contributed by atoms with Crippen molar-refractivity contribution in [1.82, 2.24) is 4.72 Å². The van der Waals surface area contributed by atoms with Gasteiger partial charge in [-0.15, -0.1) is 0 Å². The molecule has 9 heteroatoms. The molecule has 0 unspecified atom stereocenters. The first kappa shape index (κ1) is 21.5. The Hall–Kier alpha value is -3.17. The molecule has 0 amide bonds. The van der Waals surface area contributed by atoms with Crippen LogP contribution in [0.5, 0.6) is 5.75 Å². The Bertz CT molecular complexity index is 1050. The third-order valence-electron chi connectivity index (χ3n) is 4.02. The van der Waals surface area contributed by atoms with E-state index in [0.717, 1.165) is 0 Å². The molecule has 1 heterocycles. The summed E-state index contributed by atoms with van der Waals surface area (Å²) in [6.45, 7) is 0.460. The maximum Gasteiger partial charge on any atom is 0.338 e. The molecule has 0 atom stereocenters. The summed E-state index contributed by atoms with van der Waals surface area (Å²) in [7, 11) is -3.73. The average molecular weight is 433 g/mol. The van der Waals surface area contributed by atoms with Crippen LogP contribution in [-0.2, 0) is 21.3 Å².